The zero-order chi connectivity index (χ0) is 17.2. The zero-order valence-corrected chi connectivity index (χ0v) is 14.7. The van der Waals surface area contributed by atoms with Crippen LogP contribution in [0.2, 0.25) is 0 Å². The fraction of sp³-hybridized carbons (Fsp3) is 0.562. The molecule has 3 amide bonds. The fourth-order valence-corrected chi connectivity index (χ4v) is 3.97. The van der Waals surface area contributed by atoms with Gasteiger partial charge < -0.3 is 19.9 Å². The number of carbonyl (C=O) groups excluding carboxylic acids is 2. The topological polar surface area (TPSA) is 79.2 Å². The van der Waals surface area contributed by atoms with Gasteiger partial charge in [0, 0.05) is 50.0 Å². The number of hydrogen-bond acceptors (Lipinski definition) is 5. The van der Waals surface area contributed by atoms with Crippen molar-refractivity contribution in [3.63, 3.8) is 0 Å². The number of ether oxygens (including phenoxy) is 1. The van der Waals surface area contributed by atoms with Crippen LogP contribution in [0.15, 0.2) is 17.8 Å². The Balaban J connectivity index is 1.29. The lowest BCUT2D eigenvalue weighted by Gasteiger charge is -2.37. The van der Waals surface area contributed by atoms with Gasteiger partial charge >= 0.3 is 6.03 Å². The largest absolute Gasteiger partial charge is 0.378 e. The number of thiazole rings is 1. The number of carbonyl (C=O) groups is 2. The molecular weight excluding hydrogens is 342 g/mol. The summed E-state index contributed by atoms with van der Waals surface area (Å²) in [5.74, 6) is -0.145. The number of rotatable bonds is 2. The molecule has 0 spiro atoms. The molecule has 2 aliphatic heterocycles. The first kappa shape index (κ1) is 16.3. The predicted molar refractivity (Wildman–Crippen MR) is 92.9 cm³/mol. The van der Waals surface area contributed by atoms with Crippen molar-refractivity contribution in [2.24, 2.45) is 0 Å². The quantitative estimate of drug-likeness (QED) is 0.865. The van der Waals surface area contributed by atoms with Crippen LogP contribution >= 0.6 is 11.3 Å². The first-order valence-electron chi connectivity index (χ1n) is 8.55. The highest BCUT2D eigenvalue weighted by Gasteiger charge is 2.28. The highest BCUT2D eigenvalue weighted by atomic mass is 32.1. The van der Waals surface area contributed by atoms with E-state index in [1.807, 2.05) is 25.8 Å². The smallest absolute Gasteiger partial charge is 0.320 e. The molecule has 0 aromatic carbocycles. The first-order valence-corrected chi connectivity index (χ1v) is 9.43. The van der Waals surface area contributed by atoms with E-state index in [9.17, 15) is 9.59 Å². The number of fused-ring (bicyclic) bond motifs is 1. The molecule has 0 aliphatic carbocycles. The van der Waals surface area contributed by atoms with Crippen molar-refractivity contribution in [2.75, 3.05) is 39.4 Å². The molecule has 0 radical (unpaired) electrons. The third-order valence-electron chi connectivity index (χ3n) is 4.71. The Labute approximate surface area is 149 Å². The van der Waals surface area contributed by atoms with E-state index in [0.29, 0.717) is 45.1 Å². The molecule has 0 unspecified atom stereocenters. The molecule has 8 nitrogen and oxygen atoms in total. The molecule has 1 N–H and O–H groups in total. The van der Waals surface area contributed by atoms with E-state index in [2.05, 4.69) is 10.3 Å². The van der Waals surface area contributed by atoms with Gasteiger partial charge in [0.05, 0.1) is 13.2 Å². The summed E-state index contributed by atoms with van der Waals surface area (Å²) < 4.78 is 7.14. The van der Waals surface area contributed by atoms with Gasteiger partial charge in [0.2, 0.25) is 0 Å². The number of likely N-dealkylation sites (tertiary alicyclic amines) is 1. The van der Waals surface area contributed by atoms with E-state index >= 15 is 0 Å². The van der Waals surface area contributed by atoms with Crippen LogP contribution in [-0.2, 0) is 4.74 Å². The second-order valence-corrected chi connectivity index (χ2v) is 7.21. The fourth-order valence-electron chi connectivity index (χ4n) is 3.27. The maximum atomic E-state index is 12.5. The van der Waals surface area contributed by atoms with Gasteiger partial charge in [-0.1, -0.05) is 0 Å². The van der Waals surface area contributed by atoms with Gasteiger partial charge in [-0.15, -0.1) is 11.3 Å². The van der Waals surface area contributed by atoms with E-state index < -0.39 is 0 Å². The van der Waals surface area contributed by atoms with Gasteiger partial charge in [-0.05, 0) is 12.8 Å². The number of amides is 3. The average Bonchev–Trinajstić information content (AvgIpc) is 3.24. The van der Waals surface area contributed by atoms with Crippen molar-refractivity contribution in [1.82, 2.24) is 24.5 Å². The maximum absolute atomic E-state index is 12.5. The second-order valence-electron chi connectivity index (χ2n) is 6.34. The van der Waals surface area contributed by atoms with Crippen molar-refractivity contribution < 1.29 is 14.3 Å². The Morgan fingerprint density at radius 1 is 1.16 bits per heavy atom. The van der Waals surface area contributed by atoms with Crippen molar-refractivity contribution in [2.45, 2.75) is 18.9 Å². The molecule has 2 aliphatic rings. The molecule has 4 heterocycles. The first-order chi connectivity index (χ1) is 12.2. The summed E-state index contributed by atoms with van der Waals surface area (Å²) in [6.45, 7) is 3.87. The normalized spacial score (nSPS) is 19.4. The van der Waals surface area contributed by atoms with E-state index in [1.165, 1.54) is 11.3 Å². The third-order valence-corrected chi connectivity index (χ3v) is 5.48. The van der Waals surface area contributed by atoms with Gasteiger partial charge in [-0.2, -0.15) is 0 Å². The lowest BCUT2D eigenvalue weighted by atomic mass is 10.1. The molecule has 25 heavy (non-hydrogen) atoms. The molecule has 0 atom stereocenters. The zero-order valence-electron chi connectivity index (χ0n) is 13.9. The van der Waals surface area contributed by atoms with Gasteiger partial charge in [0.15, 0.2) is 4.96 Å². The van der Waals surface area contributed by atoms with Crippen LogP contribution in [0.4, 0.5) is 4.79 Å². The maximum Gasteiger partial charge on any atom is 0.320 e. The van der Waals surface area contributed by atoms with Crippen molar-refractivity contribution in [3.8, 4) is 0 Å². The summed E-state index contributed by atoms with van der Waals surface area (Å²) in [6, 6.07) is 0.170. The SMILES string of the molecule is O=C(NC1CCN(C(=O)N2CCOCC2)CC1)c1cn2ccsc2n1. The van der Waals surface area contributed by atoms with Gasteiger partial charge in [0.1, 0.15) is 5.69 Å². The summed E-state index contributed by atoms with van der Waals surface area (Å²) in [7, 11) is 0. The van der Waals surface area contributed by atoms with Crippen LogP contribution in [0.3, 0.4) is 0 Å². The lowest BCUT2D eigenvalue weighted by Crippen LogP contribution is -2.52. The van der Waals surface area contributed by atoms with Crippen LogP contribution in [0.5, 0.6) is 0 Å². The molecule has 9 heteroatoms. The van der Waals surface area contributed by atoms with Crippen molar-refractivity contribution >= 4 is 28.2 Å². The summed E-state index contributed by atoms with van der Waals surface area (Å²) in [5, 5.41) is 4.98. The molecule has 4 rings (SSSR count). The van der Waals surface area contributed by atoms with Crippen LogP contribution in [0, 0.1) is 0 Å². The number of nitrogens with one attached hydrogen (secondary N) is 1. The molecule has 134 valence electrons. The van der Waals surface area contributed by atoms with Crippen LogP contribution in [0.1, 0.15) is 23.3 Å². The second kappa shape index (κ2) is 7.01. The highest BCUT2D eigenvalue weighted by Crippen LogP contribution is 2.15. The molecule has 0 saturated carbocycles. The monoisotopic (exact) mass is 363 g/mol. The van der Waals surface area contributed by atoms with Crippen LogP contribution in [0.25, 0.3) is 4.96 Å². The number of nitrogens with zero attached hydrogens (tertiary/aromatic N) is 4. The molecular formula is C16H21N5O3S. The average molecular weight is 363 g/mol. The molecule has 2 aromatic heterocycles. The Kier molecular flexibility index (Phi) is 4.58. The van der Waals surface area contributed by atoms with Crippen molar-refractivity contribution in [1.29, 1.82) is 0 Å². The summed E-state index contributed by atoms with van der Waals surface area (Å²) in [5.41, 5.74) is 0.443. The minimum atomic E-state index is -0.145. The van der Waals surface area contributed by atoms with E-state index in [-0.39, 0.29) is 18.0 Å². The third kappa shape index (κ3) is 3.47. The summed E-state index contributed by atoms with van der Waals surface area (Å²) >= 11 is 1.50. The minimum Gasteiger partial charge on any atom is -0.378 e. The summed E-state index contributed by atoms with van der Waals surface area (Å²) in [6.07, 6.45) is 5.17. The number of urea groups is 1. The Bertz CT molecular complexity index is 730. The number of imidazole rings is 1. The number of hydrogen-bond donors (Lipinski definition) is 1. The van der Waals surface area contributed by atoms with Crippen LogP contribution < -0.4 is 5.32 Å². The molecule has 2 fully saturated rings. The predicted octanol–water partition coefficient (Wildman–Crippen LogP) is 1.04. The lowest BCUT2D eigenvalue weighted by molar-refractivity contribution is 0.0407. The van der Waals surface area contributed by atoms with Crippen molar-refractivity contribution in [3.05, 3.63) is 23.5 Å². The van der Waals surface area contributed by atoms with Gasteiger partial charge in [-0.25, -0.2) is 9.78 Å². The number of morpholine rings is 1. The minimum absolute atomic E-state index is 0.0842. The Morgan fingerprint density at radius 3 is 2.60 bits per heavy atom. The van der Waals surface area contributed by atoms with Gasteiger partial charge in [-0.3, -0.25) is 9.20 Å². The molecule has 2 saturated heterocycles. The van der Waals surface area contributed by atoms with E-state index in [0.717, 1.165) is 17.8 Å². The standard InChI is InChI=1S/C16H21N5O3S/c22-14(13-11-21-7-10-25-15(21)18-13)17-12-1-3-19(4-2-12)16(23)20-5-8-24-9-6-20/h7,10-12H,1-6,8-9H2,(H,17,22). The van der Waals surface area contributed by atoms with Crippen LogP contribution in [-0.4, -0.2) is 76.6 Å². The molecule has 2 aromatic rings. The van der Waals surface area contributed by atoms with Gasteiger partial charge in [0.25, 0.3) is 5.91 Å². The highest BCUT2D eigenvalue weighted by molar-refractivity contribution is 7.15. The number of aromatic nitrogens is 2. The number of piperidine rings is 1. The Hall–Kier alpha value is -2.13. The van der Waals surface area contributed by atoms with E-state index in [1.54, 1.807) is 6.20 Å². The summed E-state index contributed by atoms with van der Waals surface area (Å²) in [4.78, 5) is 33.7. The van der Waals surface area contributed by atoms with E-state index in [4.69, 9.17) is 4.74 Å². The molecule has 0 bridgehead atoms. The Morgan fingerprint density at radius 2 is 1.88 bits per heavy atom.